The van der Waals surface area contributed by atoms with Gasteiger partial charge >= 0.3 is 0 Å². The van der Waals surface area contributed by atoms with E-state index in [0.717, 1.165) is 22.5 Å². The summed E-state index contributed by atoms with van der Waals surface area (Å²) in [5, 5.41) is 18.1. The highest BCUT2D eigenvalue weighted by molar-refractivity contribution is 5.78. The van der Waals surface area contributed by atoms with Crippen LogP contribution in [0.15, 0.2) is 67.5 Å². The molecule has 4 rings (SSSR count). The van der Waals surface area contributed by atoms with Gasteiger partial charge in [-0.15, -0.1) is 5.10 Å². The summed E-state index contributed by atoms with van der Waals surface area (Å²) >= 11 is 0. The van der Waals surface area contributed by atoms with Crippen molar-refractivity contribution in [2.45, 2.75) is 13.0 Å². The van der Waals surface area contributed by atoms with E-state index in [-0.39, 0.29) is 5.91 Å². The molecule has 134 valence electrons. The first-order valence-electron chi connectivity index (χ1n) is 8.31. The van der Waals surface area contributed by atoms with Gasteiger partial charge in [-0.3, -0.25) is 4.79 Å². The molecule has 27 heavy (non-hydrogen) atoms. The van der Waals surface area contributed by atoms with E-state index in [1.54, 1.807) is 15.7 Å². The third-order valence-electron chi connectivity index (χ3n) is 4.02. The predicted molar refractivity (Wildman–Crippen MR) is 96.1 cm³/mol. The highest BCUT2D eigenvalue weighted by Gasteiger charge is 2.05. The maximum atomic E-state index is 12.2. The molecule has 1 amide bonds. The van der Waals surface area contributed by atoms with E-state index in [2.05, 4.69) is 30.9 Å². The summed E-state index contributed by atoms with van der Waals surface area (Å²) in [4.78, 5) is 16.1. The average molecular weight is 360 g/mol. The van der Waals surface area contributed by atoms with E-state index in [4.69, 9.17) is 0 Å². The first-order valence-corrected chi connectivity index (χ1v) is 8.31. The van der Waals surface area contributed by atoms with Crippen molar-refractivity contribution in [3.63, 3.8) is 0 Å². The Morgan fingerprint density at radius 2 is 1.59 bits per heavy atom. The molecule has 0 unspecified atom stereocenters. The lowest BCUT2D eigenvalue weighted by molar-refractivity contribution is -0.120. The van der Waals surface area contributed by atoms with Crippen LogP contribution in [0.1, 0.15) is 11.1 Å². The zero-order valence-corrected chi connectivity index (χ0v) is 14.3. The first-order chi connectivity index (χ1) is 13.3. The van der Waals surface area contributed by atoms with E-state index in [1.165, 1.54) is 12.7 Å². The van der Waals surface area contributed by atoms with Gasteiger partial charge < -0.3 is 5.32 Å². The summed E-state index contributed by atoms with van der Waals surface area (Å²) < 4.78 is 3.24. The number of nitrogens with zero attached hydrogens (tertiary/aromatic N) is 7. The number of rotatable bonds is 6. The second-order valence-electron chi connectivity index (χ2n) is 5.88. The lowest BCUT2D eigenvalue weighted by Crippen LogP contribution is -2.24. The van der Waals surface area contributed by atoms with Crippen LogP contribution in [0.3, 0.4) is 0 Å². The number of aromatic nitrogens is 7. The molecule has 0 fully saturated rings. The number of tetrazole rings is 1. The van der Waals surface area contributed by atoms with Crippen LogP contribution in [0.2, 0.25) is 0 Å². The normalized spacial score (nSPS) is 10.7. The smallest absolute Gasteiger partial charge is 0.224 e. The Balaban J connectivity index is 1.30. The van der Waals surface area contributed by atoms with Gasteiger partial charge in [-0.05, 0) is 45.8 Å². The monoisotopic (exact) mass is 360 g/mol. The Labute approximate surface area is 154 Å². The summed E-state index contributed by atoms with van der Waals surface area (Å²) in [6.45, 7) is 0.471. The van der Waals surface area contributed by atoms with Gasteiger partial charge in [0.05, 0.1) is 17.8 Å². The van der Waals surface area contributed by atoms with Gasteiger partial charge in [0.15, 0.2) is 0 Å². The molecule has 0 saturated heterocycles. The topological polar surface area (TPSA) is 103 Å². The summed E-state index contributed by atoms with van der Waals surface area (Å²) in [5.74, 6) is -0.0366. The van der Waals surface area contributed by atoms with Crippen LogP contribution in [0, 0.1) is 0 Å². The fourth-order valence-electron chi connectivity index (χ4n) is 2.60. The number of benzene rings is 2. The van der Waals surface area contributed by atoms with Crippen molar-refractivity contribution in [1.82, 2.24) is 40.3 Å². The molecule has 9 heteroatoms. The fraction of sp³-hybridized carbons (Fsp3) is 0.111. The number of amides is 1. The number of carbonyl (C=O) groups excluding carboxylic acids is 1. The third kappa shape index (κ3) is 4.03. The highest BCUT2D eigenvalue weighted by Crippen LogP contribution is 2.10. The highest BCUT2D eigenvalue weighted by atomic mass is 16.1. The Kier molecular flexibility index (Phi) is 4.64. The van der Waals surface area contributed by atoms with Crippen molar-refractivity contribution in [2.24, 2.45) is 0 Å². The van der Waals surface area contributed by atoms with E-state index in [0.29, 0.717) is 13.0 Å². The third-order valence-corrected chi connectivity index (χ3v) is 4.02. The zero-order chi connectivity index (χ0) is 18.5. The molecule has 0 radical (unpaired) electrons. The molecule has 0 saturated carbocycles. The van der Waals surface area contributed by atoms with Gasteiger partial charge in [0.25, 0.3) is 0 Å². The van der Waals surface area contributed by atoms with Crippen LogP contribution in [-0.4, -0.2) is 40.9 Å². The zero-order valence-electron chi connectivity index (χ0n) is 14.3. The van der Waals surface area contributed by atoms with Crippen molar-refractivity contribution in [2.75, 3.05) is 0 Å². The molecule has 0 atom stereocenters. The van der Waals surface area contributed by atoms with E-state index in [1.807, 2.05) is 48.5 Å². The van der Waals surface area contributed by atoms with Crippen molar-refractivity contribution in [1.29, 1.82) is 0 Å². The molecule has 2 aromatic heterocycles. The minimum absolute atomic E-state index is 0.0366. The predicted octanol–water partition coefficient (Wildman–Crippen LogP) is 1.10. The molecule has 0 aliphatic heterocycles. The molecular weight excluding hydrogens is 344 g/mol. The van der Waals surface area contributed by atoms with Gasteiger partial charge in [-0.2, -0.15) is 5.10 Å². The van der Waals surface area contributed by atoms with Crippen LogP contribution in [0.5, 0.6) is 0 Å². The fourth-order valence-corrected chi connectivity index (χ4v) is 2.60. The van der Waals surface area contributed by atoms with Gasteiger partial charge in [-0.1, -0.05) is 24.3 Å². The Morgan fingerprint density at radius 3 is 2.22 bits per heavy atom. The van der Waals surface area contributed by atoms with Crippen molar-refractivity contribution in [3.8, 4) is 11.4 Å². The van der Waals surface area contributed by atoms with E-state index in [9.17, 15) is 4.79 Å². The maximum absolute atomic E-state index is 12.2. The van der Waals surface area contributed by atoms with Crippen LogP contribution in [-0.2, 0) is 17.8 Å². The second-order valence-corrected chi connectivity index (χ2v) is 5.88. The Bertz CT molecular complexity index is 993. The van der Waals surface area contributed by atoms with Gasteiger partial charge in [0, 0.05) is 6.54 Å². The maximum Gasteiger partial charge on any atom is 0.224 e. The van der Waals surface area contributed by atoms with Crippen molar-refractivity contribution in [3.05, 3.63) is 78.6 Å². The molecule has 9 nitrogen and oxygen atoms in total. The van der Waals surface area contributed by atoms with E-state index >= 15 is 0 Å². The Morgan fingerprint density at radius 1 is 0.889 bits per heavy atom. The molecule has 0 spiro atoms. The average Bonchev–Trinajstić information content (AvgIpc) is 3.41. The number of hydrogen-bond acceptors (Lipinski definition) is 6. The molecule has 0 bridgehead atoms. The number of nitrogens with one attached hydrogen (secondary N) is 1. The summed E-state index contributed by atoms with van der Waals surface area (Å²) in [5.41, 5.74) is 3.70. The quantitative estimate of drug-likeness (QED) is 0.552. The van der Waals surface area contributed by atoms with Gasteiger partial charge in [-0.25, -0.2) is 14.3 Å². The van der Waals surface area contributed by atoms with Crippen LogP contribution >= 0.6 is 0 Å². The van der Waals surface area contributed by atoms with Crippen molar-refractivity contribution >= 4 is 5.91 Å². The van der Waals surface area contributed by atoms with Crippen molar-refractivity contribution < 1.29 is 4.79 Å². The molecule has 4 aromatic rings. The molecule has 1 N–H and O–H groups in total. The molecule has 2 heterocycles. The van der Waals surface area contributed by atoms with Crippen LogP contribution in [0.25, 0.3) is 11.4 Å². The standard InChI is InChI=1S/C18H16N8O/c27-18(9-14-1-5-17(6-2-14)26-13-21-23-24-26)20-10-15-3-7-16(8-4-15)25-12-19-11-22-25/h1-8,11-13H,9-10H2,(H,20,27). The SMILES string of the molecule is O=C(Cc1ccc(-n2cnnn2)cc1)NCc1ccc(-n2cncn2)cc1. The van der Waals surface area contributed by atoms with Gasteiger partial charge in [0.1, 0.15) is 19.0 Å². The summed E-state index contributed by atoms with van der Waals surface area (Å²) in [6, 6.07) is 15.3. The lowest BCUT2D eigenvalue weighted by Gasteiger charge is -2.07. The molecule has 2 aromatic carbocycles. The Hall–Kier alpha value is -3.88. The molecule has 0 aliphatic carbocycles. The number of carbonyl (C=O) groups is 1. The lowest BCUT2D eigenvalue weighted by atomic mass is 10.1. The minimum Gasteiger partial charge on any atom is -0.352 e. The largest absolute Gasteiger partial charge is 0.352 e. The summed E-state index contributed by atoms with van der Waals surface area (Å²) in [6.07, 6.45) is 4.97. The molecular formula is C18H16N8O. The number of hydrogen-bond donors (Lipinski definition) is 1. The minimum atomic E-state index is -0.0366. The summed E-state index contributed by atoms with van der Waals surface area (Å²) in [7, 11) is 0. The van der Waals surface area contributed by atoms with Crippen LogP contribution in [0.4, 0.5) is 0 Å². The van der Waals surface area contributed by atoms with E-state index < -0.39 is 0 Å². The van der Waals surface area contributed by atoms with Gasteiger partial charge in [0.2, 0.25) is 5.91 Å². The first kappa shape index (κ1) is 16.6. The second kappa shape index (κ2) is 7.56. The molecule has 0 aliphatic rings. The van der Waals surface area contributed by atoms with Crippen LogP contribution < -0.4 is 5.32 Å².